The van der Waals surface area contributed by atoms with Crippen LogP contribution in [-0.4, -0.2) is 87.5 Å². The highest BCUT2D eigenvalue weighted by molar-refractivity contribution is 5.76. The van der Waals surface area contributed by atoms with Crippen molar-refractivity contribution >= 4 is 5.91 Å². The monoisotopic (exact) mass is 1150 g/mol. The van der Waals surface area contributed by atoms with Gasteiger partial charge in [-0.15, -0.1) is 0 Å². The fourth-order valence-electron chi connectivity index (χ4n) is 11.9. The van der Waals surface area contributed by atoms with Crippen molar-refractivity contribution in [2.75, 3.05) is 13.2 Å². The highest BCUT2D eigenvalue weighted by atomic mass is 16.7. The summed E-state index contributed by atoms with van der Waals surface area (Å²) in [6.45, 7) is 3.84. The Kier molecular flexibility index (Phi) is 59.2. The van der Waals surface area contributed by atoms with Crippen molar-refractivity contribution in [3.63, 3.8) is 0 Å². The molecule has 7 atom stereocenters. The lowest BCUT2D eigenvalue weighted by Crippen LogP contribution is -2.60. The van der Waals surface area contributed by atoms with E-state index in [1.807, 2.05) is 6.08 Å². The maximum absolute atomic E-state index is 13.1. The lowest BCUT2D eigenvalue weighted by atomic mass is 9.99. The molecule has 1 amide bonds. The molecule has 0 spiro atoms. The number of nitrogens with one attached hydrogen (secondary N) is 1. The molecule has 1 rings (SSSR count). The quantitative estimate of drug-likeness (QED) is 0.0261. The zero-order chi connectivity index (χ0) is 58.6. The molecule has 1 aliphatic heterocycles. The smallest absolute Gasteiger partial charge is 0.220 e. The van der Waals surface area contributed by atoms with Crippen LogP contribution in [0.25, 0.3) is 0 Å². The van der Waals surface area contributed by atoms with Crippen LogP contribution in [-0.2, 0) is 14.3 Å². The number of ether oxygens (including phenoxy) is 2. The summed E-state index contributed by atoms with van der Waals surface area (Å²) in [5, 5.41) is 54.7. The molecule has 9 nitrogen and oxygen atoms in total. The molecule has 1 aliphatic rings. The van der Waals surface area contributed by atoms with Gasteiger partial charge in [0.2, 0.25) is 5.91 Å². The summed E-state index contributed by atoms with van der Waals surface area (Å²) < 4.78 is 11.3. The van der Waals surface area contributed by atoms with Crippen molar-refractivity contribution in [2.24, 2.45) is 0 Å². The third kappa shape index (κ3) is 50.5. The molecule has 1 heterocycles. The lowest BCUT2D eigenvalue weighted by molar-refractivity contribution is -0.302. The van der Waals surface area contributed by atoms with Gasteiger partial charge in [0.1, 0.15) is 24.4 Å². The number of aliphatic hydroxyl groups excluding tert-OH is 5. The Morgan fingerprint density at radius 1 is 0.407 bits per heavy atom. The summed E-state index contributed by atoms with van der Waals surface area (Å²) in [5.74, 6) is -0.168. The fourth-order valence-corrected chi connectivity index (χ4v) is 11.9. The molecule has 1 saturated heterocycles. The first kappa shape index (κ1) is 77.7. The molecule has 6 N–H and O–H groups in total. The van der Waals surface area contributed by atoms with E-state index in [1.54, 1.807) is 6.08 Å². The SMILES string of the molecule is CCCCCCCCCC/C=C\CCCCCCCCCCCCCCCCCCCCCCCCCCCC(=O)NC(COC1OC(CO)C(O)C(O)C1O)C(O)/C=C/CCCCCCCCCCCCCCCCCCCCC. The second kappa shape index (κ2) is 61.7. The highest BCUT2D eigenvalue weighted by Gasteiger charge is 2.44. The van der Waals surface area contributed by atoms with Crippen molar-refractivity contribution in [3.05, 3.63) is 24.3 Å². The number of rotatable bonds is 64. The van der Waals surface area contributed by atoms with Gasteiger partial charge in [0, 0.05) is 6.42 Å². The number of unbranched alkanes of at least 4 members (excludes halogenated alkanes) is 52. The van der Waals surface area contributed by atoms with Crippen LogP contribution in [0.1, 0.15) is 373 Å². The summed E-state index contributed by atoms with van der Waals surface area (Å²) >= 11 is 0. The van der Waals surface area contributed by atoms with Crippen LogP contribution >= 0.6 is 0 Å². The fraction of sp³-hybridized carbons (Fsp3) is 0.931. The van der Waals surface area contributed by atoms with Crippen LogP contribution < -0.4 is 5.32 Å². The Balaban J connectivity index is 2.06. The van der Waals surface area contributed by atoms with Crippen molar-refractivity contribution in [1.29, 1.82) is 0 Å². The average molecular weight is 1150 g/mol. The first-order chi connectivity index (χ1) is 39.8. The normalized spacial score (nSPS) is 18.4. The standard InChI is InChI=1S/C72H139NO8/c1-3-5-7-9-11-13-15-17-19-21-23-25-26-27-28-29-30-31-32-33-34-35-36-37-38-39-40-42-44-46-48-50-52-54-56-58-60-62-68(76)73-65(64-80-72-71(79)70(78)69(77)67(63-74)81-72)66(75)61-59-57-55-53-51-49-47-45-43-41-24-22-20-18-16-14-12-10-8-6-4-2/h21,23,59,61,65-67,69-72,74-75,77-79H,3-20,22,24-58,60,62-64H2,1-2H3,(H,73,76)/b23-21-,61-59+. The largest absolute Gasteiger partial charge is 0.394 e. The Morgan fingerprint density at radius 3 is 1.00 bits per heavy atom. The van der Waals surface area contributed by atoms with Gasteiger partial charge in [-0.25, -0.2) is 0 Å². The second-order valence-electron chi connectivity index (χ2n) is 25.4. The summed E-state index contributed by atoms with van der Waals surface area (Å²) in [5.41, 5.74) is 0. The molecule has 81 heavy (non-hydrogen) atoms. The molecule has 0 saturated carbocycles. The molecular formula is C72H139NO8. The number of allylic oxidation sites excluding steroid dienone is 3. The topological polar surface area (TPSA) is 149 Å². The summed E-state index contributed by atoms with van der Waals surface area (Å²) in [6, 6.07) is -0.803. The molecular weight excluding hydrogens is 1010 g/mol. The summed E-state index contributed by atoms with van der Waals surface area (Å²) in [4.78, 5) is 13.1. The van der Waals surface area contributed by atoms with E-state index in [0.29, 0.717) is 6.42 Å². The van der Waals surface area contributed by atoms with Crippen molar-refractivity contribution in [1.82, 2.24) is 5.32 Å². The van der Waals surface area contributed by atoms with E-state index in [1.165, 1.54) is 315 Å². The Hall–Kier alpha value is -1.33. The van der Waals surface area contributed by atoms with E-state index in [4.69, 9.17) is 9.47 Å². The molecule has 0 aromatic carbocycles. The van der Waals surface area contributed by atoms with Crippen molar-refractivity contribution < 1.29 is 39.8 Å². The van der Waals surface area contributed by atoms with Crippen LogP contribution in [0, 0.1) is 0 Å². The van der Waals surface area contributed by atoms with Gasteiger partial charge in [0.25, 0.3) is 0 Å². The van der Waals surface area contributed by atoms with Gasteiger partial charge in [-0.2, -0.15) is 0 Å². The minimum absolute atomic E-state index is 0.168. The second-order valence-corrected chi connectivity index (χ2v) is 25.4. The number of carbonyl (C=O) groups is 1. The van der Waals surface area contributed by atoms with Gasteiger partial charge in [0.05, 0.1) is 25.4 Å². The Morgan fingerprint density at radius 2 is 0.691 bits per heavy atom. The zero-order valence-electron chi connectivity index (χ0n) is 53.8. The first-order valence-electron chi connectivity index (χ1n) is 36.1. The Bertz CT molecular complexity index is 1330. The van der Waals surface area contributed by atoms with E-state index >= 15 is 0 Å². The van der Waals surface area contributed by atoms with E-state index in [-0.39, 0.29) is 12.5 Å². The van der Waals surface area contributed by atoms with Crippen molar-refractivity contribution in [2.45, 2.75) is 416 Å². The van der Waals surface area contributed by atoms with E-state index < -0.39 is 49.5 Å². The van der Waals surface area contributed by atoms with Gasteiger partial charge in [-0.3, -0.25) is 4.79 Å². The molecule has 0 aliphatic carbocycles. The number of carbonyl (C=O) groups excluding carboxylic acids is 1. The van der Waals surface area contributed by atoms with Crippen LogP contribution in [0.3, 0.4) is 0 Å². The first-order valence-corrected chi connectivity index (χ1v) is 36.1. The number of hydrogen-bond acceptors (Lipinski definition) is 8. The average Bonchev–Trinajstić information content (AvgIpc) is 3.49. The van der Waals surface area contributed by atoms with E-state index in [9.17, 15) is 30.3 Å². The van der Waals surface area contributed by atoms with E-state index in [2.05, 4.69) is 31.3 Å². The molecule has 1 fully saturated rings. The van der Waals surface area contributed by atoms with Gasteiger partial charge in [0.15, 0.2) is 6.29 Å². The van der Waals surface area contributed by atoms with E-state index in [0.717, 1.165) is 38.5 Å². The third-order valence-corrected chi connectivity index (χ3v) is 17.5. The predicted octanol–water partition coefficient (Wildman–Crippen LogP) is 19.6. The van der Waals surface area contributed by atoms with Crippen molar-refractivity contribution in [3.8, 4) is 0 Å². The molecule has 0 aromatic rings. The molecule has 0 aromatic heterocycles. The third-order valence-electron chi connectivity index (χ3n) is 17.5. The van der Waals surface area contributed by atoms with Gasteiger partial charge >= 0.3 is 0 Å². The van der Waals surface area contributed by atoms with Gasteiger partial charge < -0.3 is 40.3 Å². The Labute approximate surface area is 502 Å². The molecule has 7 unspecified atom stereocenters. The van der Waals surface area contributed by atoms with Gasteiger partial charge in [-0.1, -0.05) is 346 Å². The predicted molar refractivity (Wildman–Crippen MR) is 346 cm³/mol. The molecule has 480 valence electrons. The maximum Gasteiger partial charge on any atom is 0.220 e. The van der Waals surface area contributed by atoms with Crippen LogP contribution in [0.4, 0.5) is 0 Å². The number of amides is 1. The van der Waals surface area contributed by atoms with Gasteiger partial charge in [-0.05, 0) is 44.9 Å². The lowest BCUT2D eigenvalue weighted by Gasteiger charge is -2.40. The summed E-state index contributed by atoms with van der Waals surface area (Å²) in [7, 11) is 0. The minimum Gasteiger partial charge on any atom is -0.394 e. The molecule has 0 radical (unpaired) electrons. The minimum atomic E-state index is -1.57. The maximum atomic E-state index is 13.1. The van der Waals surface area contributed by atoms with Crippen LogP contribution in [0.2, 0.25) is 0 Å². The van der Waals surface area contributed by atoms with Crippen LogP contribution in [0.15, 0.2) is 24.3 Å². The molecule has 9 heteroatoms. The zero-order valence-corrected chi connectivity index (χ0v) is 53.8. The van der Waals surface area contributed by atoms with Crippen LogP contribution in [0.5, 0.6) is 0 Å². The molecule has 0 bridgehead atoms. The summed E-state index contributed by atoms with van der Waals surface area (Å²) in [6.07, 6.45) is 74.4. The number of aliphatic hydroxyl groups is 5. The number of hydrogen-bond donors (Lipinski definition) is 6. The highest BCUT2D eigenvalue weighted by Crippen LogP contribution is 2.24.